The second-order valence-electron chi connectivity index (χ2n) is 7.46. The van der Waals surface area contributed by atoms with Crippen molar-refractivity contribution in [1.82, 2.24) is 9.97 Å². The number of nitrogens with zero attached hydrogens (tertiary/aromatic N) is 3. The van der Waals surface area contributed by atoms with E-state index in [0.717, 1.165) is 42.6 Å². The van der Waals surface area contributed by atoms with Gasteiger partial charge in [-0.1, -0.05) is 49.4 Å². The Kier molecular flexibility index (Phi) is 5.84. The molecule has 5 nitrogen and oxygen atoms in total. The van der Waals surface area contributed by atoms with Crippen LogP contribution in [0.4, 0.5) is 11.6 Å². The van der Waals surface area contributed by atoms with E-state index in [2.05, 4.69) is 39.2 Å². The fourth-order valence-corrected chi connectivity index (χ4v) is 3.71. The summed E-state index contributed by atoms with van der Waals surface area (Å²) in [6, 6.07) is 18.2. The van der Waals surface area contributed by atoms with Gasteiger partial charge in [0.1, 0.15) is 0 Å². The minimum Gasteiger partial charge on any atom is -0.340 e. The number of aromatic nitrogens is 2. The normalized spacial score (nSPS) is 16.4. The van der Waals surface area contributed by atoms with Gasteiger partial charge in [-0.3, -0.25) is 4.79 Å². The van der Waals surface area contributed by atoms with E-state index in [-0.39, 0.29) is 11.8 Å². The first-order chi connectivity index (χ1) is 14.2. The topological polar surface area (TPSA) is 58.1 Å². The monoisotopic (exact) mass is 386 g/mol. The molecule has 2 heterocycles. The fraction of sp³-hybridized carbons (Fsp3) is 0.292. The van der Waals surface area contributed by atoms with Crippen molar-refractivity contribution in [3.8, 4) is 11.1 Å². The van der Waals surface area contributed by atoms with Gasteiger partial charge in [-0.05, 0) is 42.5 Å². The highest BCUT2D eigenvalue weighted by Crippen LogP contribution is 2.24. The van der Waals surface area contributed by atoms with Crippen LogP contribution in [0.3, 0.4) is 0 Å². The summed E-state index contributed by atoms with van der Waals surface area (Å²) >= 11 is 0. The van der Waals surface area contributed by atoms with Crippen LogP contribution in [0.15, 0.2) is 67.0 Å². The first-order valence-electron chi connectivity index (χ1n) is 10.2. The Hall–Kier alpha value is -3.21. The zero-order valence-corrected chi connectivity index (χ0v) is 16.7. The molecule has 0 radical (unpaired) electrons. The van der Waals surface area contributed by atoms with E-state index in [1.165, 1.54) is 5.56 Å². The minimum absolute atomic E-state index is 0.0630. The van der Waals surface area contributed by atoms with Crippen molar-refractivity contribution in [2.45, 2.75) is 26.2 Å². The van der Waals surface area contributed by atoms with Gasteiger partial charge in [0.05, 0.1) is 5.92 Å². The molecule has 3 aromatic rings. The molecule has 1 aliphatic rings. The number of hydrogen-bond acceptors (Lipinski definition) is 4. The number of carbonyl (C=O) groups is 1. The van der Waals surface area contributed by atoms with Gasteiger partial charge < -0.3 is 10.2 Å². The summed E-state index contributed by atoms with van der Waals surface area (Å²) in [6.45, 7) is 3.64. The predicted molar refractivity (Wildman–Crippen MR) is 117 cm³/mol. The molecule has 5 heteroatoms. The Morgan fingerprint density at radius 2 is 1.76 bits per heavy atom. The molecule has 0 unspecified atom stereocenters. The number of rotatable bonds is 5. The number of nitrogens with one attached hydrogen (secondary N) is 1. The van der Waals surface area contributed by atoms with Gasteiger partial charge in [0, 0.05) is 36.7 Å². The lowest BCUT2D eigenvalue weighted by Crippen LogP contribution is -2.41. The number of piperidine rings is 1. The maximum Gasteiger partial charge on any atom is 0.229 e. The highest BCUT2D eigenvalue weighted by Gasteiger charge is 2.27. The van der Waals surface area contributed by atoms with Crippen molar-refractivity contribution in [3.63, 3.8) is 0 Å². The third-order valence-electron chi connectivity index (χ3n) is 5.45. The maximum absolute atomic E-state index is 12.8. The van der Waals surface area contributed by atoms with Crippen molar-refractivity contribution >= 4 is 17.5 Å². The van der Waals surface area contributed by atoms with Crippen LogP contribution in [0.2, 0.25) is 0 Å². The Morgan fingerprint density at radius 3 is 2.45 bits per heavy atom. The largest absolute Gasteiger partial charge is 0.340 e. The van der Waals surface area contributed by atoms with Gasteiger partial charge in [-0.15, -0.1) is 0 Å². The standard InChI is InChI=1S/C24H26N4O/c1-2-18-10-12-22(13-11-18)27-23(29)20-9-6-14-28(17-20)24-25-15-21(16-26-24)19-7-4-3-5-8-19/h3-5,7-8,10-13,15-16,20H,2,6,9,14,17H2,1H3,(H,27,29)/t20-/m0/s1. The molecule has 0 aliphatic carbocycles. The van der Waals surface area contributed by atoms with Crippen molar-refractivity contribution in [1.29, 1.82) is 0 Å². The quantitative estimate of drug-likeness (QED) is 0.698. The number of hydrogen-bond donors (Lipinski definition) is 1. The predicted octanol–water partition coefficient (Wildman–Crippen LogP) is 4.56. The zero-order valence-electron chi connectivity index (χ0n) is 16.7. The van der Waals surface area contributed by atoms with Crippen LogP contribution >= 0.6 is 0 Å². The third kappa shape index (κ3) is 4.62. The van der Waals surface area contributed by atoms with E-state index in [1.807, 2.05) is 54.9 Å². The Bertz CT molecular complexity index is 939. The maximum atomic E-state index is 12.8. The zero-order chi connectivity index (χ0) is 20.1. The van der Waals surface area contributed by atoms with Gasteiger partial charge in [0.25, 0.3) is 0 Å². The van der Waals surface area contributed by atoms with Crippen molar-refractivity contribution in [2.24, 2.45) is 5.92 Å². The first-order valence-corrected chi connectivity index (χ1v) is 10.2. The molecule has 0 spiro atoms. The van der Waals surface area contributed by atoms with E-state index in [4.69, 9.17) is 0 Å². The number of anilines is 2. The molecular formula is C24H26N4O. The first kappa shape index (κ1) is 19.1. The second-order valence-corrected chi connectivity index (χ2v) is 7.46. The molecule has 1 fully saturated rings. The van der Waals surface area contributed by atoms with E-state index in [9.17, 15) is 4.79 Å². The summed E-state index contributed by atoms with van der Waals surface area (Å²) < 4.78 is 0. The minimum atomic E-state index is -0.0630. The Morgan fingerprint density at radius 1 is 1.03 bits per heavy atom. The van der Waals surface area contributed by atoms with E-state index in [1.54, 1.807) is 0 Å². The molecule has 2 aromatic carbocycles. The Balaban J connectivity index is 1.40. The lowest BCUT2D eigenvalue weighted by atomic mass is 9.97. The van der Waals surface area contributed by atoms with Crippen LogP contribution in [-0.2, 0) is 11.2 Å². The summed E-state index contributed by atoms with van der Waals surface area (Å²) in [7, 11) is 0. The van der Waals surface area contributed by atoms with Crippen LogP contribution in [0.25, 0.3) is 11.1 Å². The molecule has 1 amide bonds. The SMILES string of the molecule is CCc1ccc(NC(=O)[C@H]2CCCN(c3ncc(-c4ccccc4)cn3)C2)cc1. The average Bonchev–Trinajstić information content (AvgIpc) is 2.80. The molecule has 1 aliphatic heterocycles. The molecule has 0 saturated carbocycles. The van der Waals surface area contributed by atoms with Gasteiger partial charge in [0.15, 0.2) is 0 Å². The number of benzene rings is 2. The van der Waals surface area contributed by atoms with Crippen LogP contribution in [0, 0.1) is 5.92 Å². The second kappa shape index (κ2) is 8.86. The van der Waals surface area contributed by atoms with Crippen molar-refractivity contribution in [2.75, 3.05) is 23.3 Å². The molecule has 1 N–H and O–H groups in total. The molecule has 148 valence electrons. The molecule has 0 bridgehead atoms. The van der Waals surface area contributed by atoms with Crippen LogP contribution in [-0.4, -0.2) is 29.0 Å². The smallest absolute Gasteiger partial charge is 0.229 e. The molecule has 29 heavy (non-hydrogen) atoms. The van der Waals surface area contributed by atoms with Gasteiger partial charge in [-0.2, -0.15) is 0 Å². The van der Waals surface area contributed by atoms with Gasteiger partial charge >= 0.3 is 0 Å². The Labute approximate surface area is 171 Å². The third-order valence-corrected chi connectivity index (χ3v) is 5.45. The van der Waals surface area contributed by atoms with Crippen molar-refractivity contribution < 1.29 is 4.79 Å². The molecule has 1 aromatic heterocycles. The summed E-state index contributed by atoms with van der Waals surface area (Å²) in [6.07, 6.45) is 6.55. The molecule has 1 atom stereocenters. The lowest BCUT2D eigenvalue weighted by molar-refractivity contribution is -0.120. The highest BCUT2D eigenvalue weighted by atomic mass is 16.1. The lowest BCUT2D eigenvalue weighted by Gasteiger charge is -2.32. The summed E-state index contributed by atoms with van der Waals surface area (Å²) in [5.74, 6) is 0.696. The molecule has 4 rings (SSSR count). The van der Waals surface area contributed by atoms with Gasteiger partial charge in [-0.25, -0.2) is 9.97 Å². The van der Waals surface area contributed by atoms with Gasteiger partial charge in [0.2, 0.25) is 11.9 Å². The summed E-state index contributed by atoms with van der Waals surface area (Å²) in [5.41, 5.74) is 4.22. The fourth-order valence-electron chi connectivity index (χ4n) is 3.71. The number of amides is 1. The van der Waals surface area contributed by atoms with E-state index >= 15 is 0 Å². The van der Waals surface area contributed by atoms with E-state index in [0.29, 0.717) is 12.5 Å². The number of carbonyl (C=O) groups excluding carboxylic acids is 1. The summed E-state index contributed by atoms with van der Waals surface area (Å²) in [4.78, 5) is 24.0. The van der Waals surface area contributed by atoms with E-state index < -0.39 is 0 Å². The average molecular weight is 386 g/mol. The molecular weight excluding hydrogens is 360 g/mol. The highest BCUT2D eigenvalue weighted by molar-refractivity contribution is 5.93. The van der Waals surface area contributed by atoms with Crippen LogP contribution < -0.4 is 10.2 Å². The van der Waals surface area contributed by atoms with Crippen LogP contribution in [0.1, 0.15) is 25.3 Å². The summed E-state index contributed by atoms with van der Waals surface area (Å²) in [5, 5.41) is 3.06. The molecule has 1 saturated heterocycles. The van der Waals surface area contributed by atoms with Crippen molar-refractivity contribution in [3.05, 3.63) is 72.6 Å². The number of aryl methyl sites for hydroxylation is 1. The van der Waals surface area contributed by atoms with Crippen LogP contribution in [0.5, 0.6) is 0 Å².